The van der Waals surface area contributed by atoms with Crippen LogP contribution in [0.4, 0.5) is 8.78 Å². The van der Waals surface area contributed by atoms with Gasteiger partial charge in [-0.2, -0.15) is 0 Å². The molecule has 6 heteroatoms. The number of nitrogens with one attached hydrogen (secondary N) is 1. The van der Waals surface area contributed by atoms with Crippen molar-refractivity contribution in [3.05, 3.63) is 0 Å². The van der Waals surface area contributed by atoms with Crippen molar-refractivity contribution >= 4 is 11.9 Å². The summed E-state index contributed by atoms with van der Waals surface area (Å²) in [7, 11) is 0. The van der Waals surface area contributed by atoms with Crippen molar-refractivity contribution in [3.63, 3.8) is 0 Å². The first kappa shape index (κ1) is 17.9. The van der Waals surface area contributed by atoms with Crippen LogP contribution in [0.3, 0.4) is 0 Å². The van der Waals surface area contributed by atoms with E-state index >= 15 is 0 Å². The van der Waals surface area contributed by atoms with Crippen LogP contribution < -0.4 is 5.32 Å². The molecule has 2 unspecified atom stereocenters. The predicted octanol–water partition coefficient (Wildman–Crippen LogP) is 3.21. The first-order valence-corrected chi connectivity index (χ1v) is 7.75. The van der Waals surface area contributed by atoms with Crippen molar-refractivity contribution in [1.82, 2.24) is 5.32 Å². The zero-order valence-corrected chi connectivity index (χ0v) is 12.5. The number of carboxylic acids is 1. The van der Waals surface area contributed by atoms with E-state index in [0.717, 1.165) is 19.3 Å². The zero-order valence-electron chi connectivity index (χ0n) is 12.5. The molecule has 0 bridgehead atoms. The van der Waals surface area contributed by atoms with Crippen molar-refractivity contribution in [1.29, 1.82) is 0 Å². The molecule has 0 aromatic rings. The maximum absolute atomic E-state index is 12.3. The van der Waals surface area contributed by atoms with E-state index in [9.17, 15) is 18.4 Å². The van der Waals surface area contributed by atoms with Crippen LogP contribution in [0, 0.1) is 11.8 Å². The van der Waals surface area contributed by atoms with Gasteiger partial charge >= 0.3 is 5.97 Å². The van der Waals surface area contributed by atoms with Crippen LogP contribution in [0.5, 0.6) is 0 Å². The molecule has 0 saturated heterocycles. The molecule has 4 nitrogen and oxygen atoms in total. The van der Waals surface area contributed by atoms with Crippen LogP contribution in [0.15, 0.2) is 0 Å². The molecule has 1 aliphatic carbocycles. The van der Waals surface area contributed by atoms with Gasteiger partial charge in [0.05, 0.1) is 0 Å². The van der Waals surface area contributed by atoms with Crippen LogP contribution in [-0.4, -0.2) is 29.5 Å². The largest absolute Gasteiger partial charge is 0.480 e. The number of rotatable bonds is 8. The fourth-order valence-corrected chi connectivity index (χ4v) is 2.97. The maximum atomic E-state index is 12.3. The van der Waals surface area contributed by atoms with E-state index in [1.165, 1.54) is 19.3 Å². The number of carbonyl (C=O) groups excluding carboxylic acids is 1. The summed E-state index contributed by atoms with van der Waals surface area (Å²) in [6.07, 6.45) is 3.51. The third-order valence-electron chi connectivity index (χ3n) is 4.23. The molecule has 0 aromatic carbocycles. The molecule has 1 aliphatic rings. The van der Waals surface area contributed by atoms with Gasteiger partial charge in [-0.15, -0.1) is 0 Å². The van der Waals surface area contributed by atoms with Gasteiger partial charge in [-0.1, -0.05) is 39.0 Å². The monoisotopic (exact) mass is 305 g/mol. The number of alkyl halides is 2. The van der Waals surface area contributed by atoms with Crippen molar-refractivity contribution in [3.8, 4) is 0 Å². The number of carboxylic acid groups (broad SMARTS) is 1. The second-order valence-corrected chi connectivity index (χ2v) is 5.87. The third kappa shape index (κ3) is 6.40. The van der Waals surface area contributed by atoms with Crippen LogP contribution in [0.1, 0.15) is 58.3 Å². The topological polar surface area (TPSA) is 66.4 Å². The molecule has 21 heavy (non-hydrogen) atoms. The Morgan fingerprint density at radius 1 is 1.24 bits per heavy atom. The number of hydrogen-bond donors (Lipinski definition) is 2. The fraction of sp³-hybridized carbons (Fsp3) is 0.867. The van der Waals surface area contributed by atoms with Gasteiger partial charge < -0.3 is 10.4 Å². The Hall–Kier alpha value is -1.20. The lowest BCUT2D eigenvalue weighted by Crippen LogP contribution is -2.45. The molecular formula is C15H25F2NO3. The molecule has 0 radical (unpaired) electrons. The van der Waals surface area contributed by atoms with Crippen molar-refractivity contribution in [2.24, 2.45) is 11.8 Å². The quantitative estimate of drug-likeness (QED) is 0.723. The molecule has 0 spiro atoms. The van der Waals surface area contributed by atoms with E-state index in [2.05, 4.69) is 5.32 Å². The van der Waals surface area contributed by atoms with Gasteiger partial charge in [-0.3, -0.25) is 4.79 Å². The van der Waals surface area contributed by atoms with Gasteiger partial charge in [-0.25, -0.2) is 13.6 Å². The molecule has 0 heterocycles. The summed E-state index contributed by atoms with van der Waals surface area (Å²) < 4.78 is 24.7. The Kier molecular flexibility index (Phi) is 7.61. The maximum Gasteiger partial charge on any atom is 0.326 e. The van der Waals surface area contributed by atoms with Gasteiger partial charge in [0, 0.05) is 12.3 Å². The minimum Gasteiger partial charge on any atom is -0.480 e. The molecule has 1 fully saturated rings. The summed E-state index contributed by atoms with van der Waals surface area (Å²) >= 11 is 0. The lowest BCUT2D eigenvalue weighted by Gasteiger charge is -2.26. The van der Waals surface area contributed by atoms with Crippen LogP contribution in [-0.2, 0) is 9.59 Å². The molecular weight excluding hydrogens is 280 g/mol. The molecule has 2 atom stereocenters. The highest BCUT2D eigenvalue weighted by atomic mass is 19.3. The van der Waals surface area contributed by atoms with E-state index in [4.69, 9.17) is 5.11 Å². The van der Waals surface area contributed by atoms with Crippen molar-refractivity contribution < 1.29 is 23.5 Å². The molecule has 1 saturated carbocycles. The van der Waals surface area contributed by atoms with E-state index in [1.54, 1.807) is 0 Å². The van der Waals surface area contributed by atoms with Crippen molar-refractivity contribution in [2.45, 2.75) is 70.8 Å². The zero-order chi connectivity index (χ0) is 15.8. The number of hydrogen-bond acceptors (Lipinski definition) is 2. The number of amides is 1. The Morgan fingerprint density at radius 2 is 1.86 bits per heavy atom. The summed E-state index contributed by atoms with van der Waals surface area (Å²) in [6, 6.07) is -1.50. The van der Waals surface area contributed by atoms with Crippen LogP contribution in [0.25, 0.3) is 0 Å². The normalized spacial score (nSPS) is 19.2. The van der Waals surface area contributed by atoms with E-state index in [0.29, 0.717) is 12.3 Å². The fourth-order valence-electron chi connectivity index (χ4n) is 2.97. The Morgan fingerprint density at radius 3 is 2.33 bits per heavy atom. The summed E-state index contributed by atoms with van der Waals surface area (Å²) in [5.74, 6) is -1.60. The smallest absolute Gasteiger partial charge is 0.326 e. The Labute approximate surface area is 124 Å². The first-order chi connectivity index (χ1) is 9.93. The lowest BCUT2D eigenvalue weighted by molar-refractivity contribution is -0.143. The van der Waals surface area contributed by atoms with Gasteiger partial charge in [0.25, 0.3) is 0 Å². The molecule has 0 aliphatic heterocycles. The molecule has 122 valence electrons. The van der Waals surface area contributed by atoms with Crippen LogP contribution in [0.2, 0.25) is 0 Å². The third-order valence-corrected chi connectivity index (χ3v) is 4.23. The first-order valence-electron chi connectivity index (χ1n) is 7.75. The molecule has 0 aromatic heterocycles. The number of aliphatic carboxylic acids is 1. The Bertz CT molecular complexity index is 344. The van der Waals surface area contributed by atoms with Gasteiger partial charge in [0.1, 0.15) is 6.04 Å². The summed E-state index contributed by atoms with van der Waals surface area (Å²) in [6.45, 7) is 1.87. The summed E-state index contributed by atoms with van der Waals surface area (Å²) in [5.41, 5.74) is 0. The SMILES string of the molecule is CCC(CC1CCCCC1)C(=O)NC(CC(F)F)C(=O)O. The summed E-state index contributed by atoms with van der Waals surface area (Å²) in [5, 5.41) is 11.2. The van der Waals surface area contributed by atoms with E-state index in [1.807, 2.05) is 6.92 Å². The highest BCUT2D eigenvalue weighted by Crippen LogP contribution is 2.30. The number of halogens is 2. The minimum atomic E-state index is -2.75. The number of carbonyl (C=O) groups is 2. The highest BCUT2D eigenvalue weighted by molar-refractivity contribution is 5.84. The standard InChI is InChI=1S/C15H25F2NO3/c1-2-11(8-10-6-4-3-5-7-10)14(19)18-12(15(20)21)9-13(16)17/h10-13H,2-9H2,1H3,(H,18,19)(H,20,21). The van der Waals surface area contributed by atoms with E-state index in [-0.39, 0.29) is 5.92 Å². The van der Waals surface area contributed by atoms with Gasteiger partial charge in [-0.05, 0) is 18.8 Å². The molecule has 1 amide bonds. The Balaban J connectivity index is 2.53. The second kappa shape index (κ2) is 8.95. The van der Waals surface area contributed by atoms with Crippen LogP contribution >= 0.6 is 0 Å². The molecule has 1 rings (SSSR count). The minimum absolute atomic E-state index is 0.285. The highest BCUT2D eigenvalue weighted by Gasteiger charge is 2.28. The molecule has 2 N–H and O–H groups in total. The van der Waals surface area contributed by atoms with Gasteiger partial charge in [0.2, 0.25) is 12.3 Å². The van der Waals surface area contributed by atoms with E-state index < -0.39 is 30.8 Å². The average Bonchev–Trinajstić information content (AvgIpc) is 2.44. The lowest BCUT2D eigenvalue weighted by atomic mass is 9.81. The summed E-state index contributed by atoms with van der Waals surface area (Å²) in [4.78, 5) is 23.0. The average molecular weight is 305 g/mol. The van der Waals surface area contributed by atoms with Crippen molar-refractivity contribution in [2.75, 3.05) is 0 Å². The second-order valence-electron chi connectivity index (χ2n) is 5.87. The van der Waals surface area contributed by atoms with Gasteiger partial charge in [0.15, 0.2) is 0 Å². The predicted molar refractivity (Wildman–Crippen MR) is 75.2 cm³/mol.